The number of nitrogens with zero attached hydrogens (tertiary/aromatic N) is 3. The molecule has 0 bridgehead atoms. The number of aryl methyl sites for hydroxylation is 2. The normalized spacial score (nSPS) is 10.5. The molecule has 0 amide bonds. The average molecular weight is 286 g/mol. The molecule has 0 unspecified atom stereocenters. The van der Waals surface area contributed by atoms with Gasteiger partial charge in [0.15, 0.2) is 0 Å². The number of hydrogen-bond acceptors (Lipinski definition) is 5. The van der Waals surface area contributed by atoms with Crippen molar-refractivity contribution in [1.82, 2.24) is 9.97 Å². The van der Waals surface area contributed by atoms with E-state index in [4.69, 9.17) is 10.5 Å². The number of anilines is 2. The molecule has 1 heterocycles. The summed E-state index contributed by atoms with van der Waals surface area (Å²) in [5.41, 5.74) is 8.61. The zero-order valence-electron chi connectivity index (χ0n) is 12.8. The molecule has 2 aromatic rings. The highest BCUT2D eigenvalue weighted by Gasteiger charge is 2.13. The standard InChI is InChI=1S/C16H22N4O/c1-12-11-13(2)19-16(18-12)20(10-4-9-17)14-5-7-15(21-3)8-6-14/h5-8,11H,4,9-10,17H2,1-3H3. The number of rotatable bonds is 6. The van der Waals surface area contributed by atoms with Crippen LogP contribution in [-0.2, 0) is 0 Å². The van der Waals surface area contributed by atoms with Crippen LogP contribution in [0.1, 0.15) is 17.8 Å². The highest BCUT2D eigenvalue weighted by Crippen LogP contribution is 2.25. The van der Waals surface area contributed by atoms with Crippen molar-refractivity contribution in [1.29, 1.82) is 0 Å². The second kappa shape index (κ2) is 7.04. The Bertz CT molecular complexity index is 563. The Hall–Kier alpha value is -2.14. The zero-order chi connectivity index (χ0) is 15.2. The molecule has 5 nitrogen and oxygen atoms in total. The van der Waals surface area contributed by atoms with Crippen LogP contribution in [-0.4, -0.2) is 30.2 Å². The molecule has 5 heteroatoms. The Morgan fingerprint density at radius 2 is 1.71 bits per heavy atom. The highest BCUT2D eigenvalue weighted by molar-refractivity contribution is 5.58. The Kier molecular flexibility index (Phi) is 5.11. The van der Waals surface area contributed by atoms with Crippen LogP contribution in [0.5, 0.6) is 5.75 Å². The molecule has 0 saturated carbocycles. The number of aromatic nitrogens is 2. The van der Waals surface area contributed by atoms with Crippen molar-refractivity contribution in [3.8, 4) is 5.75 Å². The third kappa shape index (κ3) is 3.92. The third-order valence-electron chi connectivity index (χ3n) is 3.18. The lowest BCUT2D eigenvalue weighted by molar-refractivity contribution is 0.415. The minimum absolute atomic E-state index is 0.636. The highest BCUT2D eigenvalue weighted by atomic mass is 16.5. The lowest BCUT2D eigenvalue weighted by Crippen LogP contribution is -2.23. The van der Waals surface area contributed by atoms with Gasteiger partial charge in [-0.25, -0.2) is 9.97 Å². The van der Waals surface area contributed by atoms with Crippen molar-refractivity contribution in [2.75, 3.05) is 25.1 Å². The topological polar surface area (TPSA) is 64.3 Å². The van der Waals surface area contributed by atoms with E-state index in [0.29, 0.717) is 12.5 Å². The number of methoxy groups -OCH3 is 1. The molecule has 1 aromatic carbocycles. The van der Waals surface area contributed by atoms with Crippen LogP contribution in [0.4, 0.5) is 11.6 Å². The minimum Gasteiger partial charge on any atom is -0.497 e. The van der Waals surface area contributed by atoms with Gasteiger partial charge in [-0.3, -0.25) is 0 Å². The quantitative estimate of drug-likeness (QED) is 0.884. The van der Waals surface area contributed by atoms with Crippen LogP contribution in [0, 0.1) is 13.8 Å². The number of nitrogens with two attached hydrogens (primary N) is 1. The summed E-state index contributed by atoms with van der Waals surface area (Å²) in [6, 6.07) is 9.87. The van der Waals surface area contributed by atoms with Crippen LogP contribution in [0.2, 0.25) is 0 Å². The summed E-state index contributed by atoms with van der Waals surface area (Å²) in [4.78, 5) is 11.2. The molecule has 1 aromatic heterocycles. The summed E-state index contributed by atoms with van der Waals surface area (Å²) in [7, 11) is 1.66. The lowest BCUT2D eigenvalue weighted by Gasteiger charge is -2.23. The van der Waals surface area contributed by atoms with Gasteiger partial charge in [0, 0.05) is 23.6 Å². The SMILES string of the molecule is COc1ccc(N(CCCN)c2nc(C)cc(C)n2)cc1. The van der Waals surface area contributed by atoms with E-state index in [1.54, 1.807) is 7.11 Å². The van der Waals surface area contributed by atoms with E-state index >= 15 is 0 Å². The van der Waals surface area contributed by atoms with Gasteiger partial charge in [0.25, 0.3) is 0 Å². The average Bonchev–Trinajstić information content (AvgIpc) is 2.47. The Morgan fingerprint density at radius 1 is 1.10 bits per heavy atom. The summed E-state index contributed by atoms with van der Waals surface area (Å²) >= 11 is 0. The van der Waals surface area contributed by atoms with Crippen LogP contribution < -0.4 is 15.4 Å². The summed E-state index contributed by atoms with van der Waals surface area (Å²) in [6.07, 6.45) is 0.877. The first-order valence-electron chi connectivity index (χ1n) is 7.08. The molecule has 0 saturated heterocycles. The summed E-state index contributed by atoms with van der Waals surface area (Å²) in [5.74, 6) is 1.55. The van der Waals surface area contributed by atoms with Gasteiger partial charge < -0.3 is 15.4 Å². The Balaban J connectivity index is 2.36. The van der Waals surface area contributed by atoms with Gasteiger partial charge in [0.05, 0.1) is 7.11 Å². The van der Waals surface area contributed by atoms with Crippen molar-refractivity contribution in [2.24, 2.45) is 5.73 Å². The first kappa shape index (κ1) is 15.3. The van der Waals surface area contributed by atoms with Gasteiger partial charge in [-0.1, -0.05) is 0 Å². The molecule has 0 radical (unpaired) electrons. The number of ether oxygens (including phenoxy) is 1. The van der Waals surface area contributed by atoms with Gasteiger partial charge in [0.2, 0.25) is 5.95 Å². The predicted octanol–water partition coefficient (Wildman–Crippen LogP) is 2.59. The monoisotopic (exact) mass is 286 g/mol. The summed E-state index contributed by atoms with van der Waals surface area (Å²) in [5, 5.41) is 0. The Morgan fingerprint density at radius 3 is 2.24 bits per heavy atom. The maximum Gasteiger partial charge on any atom is 0.230 e. The van der Waals surface area contributed by atoms with Gasteiger partial charge >= 0.3 is 0 Å². The number of hydrogen-bond donors (Lipinski definition) is 1. The van der Waals surface area contributed by atoms with E-state index in [1.807, 2.05) is 44.2 Å². The fourth-order valence-electron chi connectivity index (χ4n) is 2.18. The molecule has 0 atom stereocenters. The minimum atomic E-state index is 0.636. The van der Waals surface area contributed by atoms with E-state index < -0.39 is 0 Å². The fraction of sp³-hybridized carbons (Fsp3) is 0.375. The number of benzene rings is 1. The molecule has 21 heavy (non-hydrogen) atoms. The summed E-state index contributed by atoms with van der Waals surface area (Å²) < 4.78 is 5.20. The Labute approximate surface area is 125 Å². The van der Waals surface area contributed by atoms with Crippen molar-refractivity contribution in [3.05, 3.63) is 41.7 Å². The van der Waals surface area contributed by atoms with E-state index in [-0.39, 0.29) is 0 Å². The van der Waals surface area contributed by atoms with Crippen molar-refractivity contribution in [2.45, 2.75) is 20.3 Å². The van der Waals surface area contributed by atoms with E-state index in [1.165, 1.54) is 0 Å². The largest absolute Gasteiger partial charge is 0.497 e. The molecule has 0 fully saturated rings. The maximum atomic E-state index is 5.65. The molecule has 0 aliphatic rings. The van der Waals surface area contributed by atoms with Gasteiger partial charge in [-0.05, 0) is 57.1 Å². The smallest absolute Gasteiger partial charge is 0.230 e. The summed E-state index contributed by atoms with van der Waals surface area (Å²) in [6.45, 7) is 5.38. The predicted molar refractivity (Wildman–Crippen MR) is 85.2 cm³/mol. The molecule has 0 aliphatic heterocycles. The van der Waals surface area contributed by atoms with E-state index in [9.17, 15) is 0 Å². The lowest BCUT2D eigenvalue weighted by atomic mass is 10.2. The van der Waals surface area contributed by atoms with Crippen LogP contribution >= 0.6 is 0 Å². The molecule has 0 aliphatic carbocycles. The molecule has 2 rings (SSSR count). The van der Waals surface area contributed by atoms with Gasteiger partial charge in [0.1, 0.15) is 5.75 Å². The molecular formula is C16H22N4O. The van der Waals surface area contributed by atoms with Crippen molar-refractivity contribution in [3.63, 3.8) is 0 Å². The van der Waals surface area contributed by atoms with Crippen LogP contribution in [0.3, 0.4) is 0 Å². The first-order chi connectivity index (χ1) is 10.1. The van der Waals surface area contributed by atoms with Gasteiger partial charge in [-0.15, -0.1) is 0 Å². The maximum absolute atomic E-state index is 5.65. The van der Waals surface area contributed by atoms with E-state index in [2.05, 4.69) is 14.9 Å². The second-order valence-corrected chi connectivity index (χ2v) is 4.94. The third-order valence-corrected chi connectivity index (χ3v) is 3.18. The second-order valence-electron chi connectivity index (χ2n) is 4.94. The van der Waals surface area contributed by atoms with Crippen LogP contribution in [0.15, 0.2) is 30.3 Å². The van der Waals surface area contributed by atoms with Crippen molar-refractivity contribution < 1.29 is 4.74 Å². The first-order valence-corrected chi connectivity index (χ1v) is 7.08. The molecule has 112 valence electrons. The fourth-order valence-corrected chi connectivity index (χ4v) is 2.18. The van der Waals surface area contributed by atoms with Crippen molar-refractivity contribution >= 4 is 11.6 Å². The molecular weight excluding hydrogens is 264 g/mol. The van der Waals surface area contributed by atoms with E-state index in [0.717, 1.165) is 35.8 Å². The molecule has 2 N–H and O–H groups in total. The zero-order valence-corrected chi connectivity index (χ0v) is 12.8. The molecule has 0 spiro atoms. The van der Waals surface area contributed by atoms with Gasteiger partial charge in [-0.2, -0.15) is 0 Å². The van der Waals surface area contributed by atoms with Crippen LogP contribution in [0.25, 0.3) is 0 Å².